The molecule has 0 aliphatic carbocycles. The number of hydrogen-bond donors (Lipinski definition) is 1. The lowest BCUT2D eigenvalue weighted by atomic mass is 9.99. The molecular weight excluding hydrogens is 216 g/mol. The van der Waals surface area contributed by atoms with E-state index in [1.807, 2.05) is 0 Å². The number of rotatable bonds is 1. The smallest absolute Gasteiger partial charge is 0.333 e. The first kappa shape index (κ1) is 11.4. The Morgan fingerprint density at radius 3 is 3.00 bits per heavy atom. The van der Waals surface area contributed by atoms with Crippen molar-refractivity contribution < 1.29 is 9.90 Å². The number of hydrogen-bond acceptors (Lipinski definition) is 3. The van der Waals surface area contributed by atoms with Crippen LogP contribution in [0.2, 0.25) is 0 Å². The Hall–Kier alpha value is -1.68. The molecular formula is C10H9ClN2O2. The second-order valence-electron chi connectivity index (χ2n) is 2.96. The van der Waals surface area contributed by atoms with Crippen molar-refractivity contribution in [2.75, 3.05) is 0 Å². The molecule has 2 heterocycles. The molecule has 0 radical (unpaired) electrons. The second-order valence-corrected chi connectivity index (χ2v) is 2.96. The zero-order valence-electron chi connectivity index (χ0n) is 7.75. The fourth-order valence-electron chi connectivity index (χ4n) is 1.29. The molecule has 0 aromatic heterocycles. The number of fused-ring (bicyclic) bond motifs is 1. The van der Waals surface area contributed by atoms with E-state index >= 15 is 0 Å². The molecule has 2 rings (SSSR count). The number of nitrogens with zero attached hydrogens (tertiary/aromatic N) is 2. The Morgan fingerprint density at radius 1 is 1.47 bits per heavy atom. The number of aliphatic carboxylic acids is 1. The molecule has 0 saturated heterocycles. The van der Waals surface area contributed by atoms with Gasteiger partial charge in [-0.2, -0.15) is 0 Å². The topological polar surface area (TPSA) is 62.0 Å². The van der Waals surface area contributed by atoms with Crippen LogP contribution in [-0.4, -0.2) is 23.0 Å². The van der Waals surface area contributed by atoms with Gasteiger partial charge in [0.15, 0.2) is 0 Å². The summed E-state index contributed by atoms with van der Waals surface area (Å²) in [5.41, 5.74) is 1.98. The molecule has 0 fully saturated rings. The Morgan fingerprint density at radius 2 is 2.27 bits per heavy atom. The first-order chi connectivity index (χ1) is 6.77. The summed E-state index contributed by atoms with van der Waals surface area (Å²) < 4.78 is 0. The minimum Gasteiger partial charge on any atom is -0.478 e. The molecule has 0 unspecified atom stereocenters. The molecule has 2 aliphatic rings. The lowest BCUT2D eigenvalue weighted by molar-refractivity contribution is -0.132. The summed E-state index contributed by atoms with van der Waals surface area (Å²) in [6.45, 7) is 0. The van der Waals surface area contributed by atoms with Crippen molar-refractivity contribution >= 4 is 30.3 Å². The first-order valence-electron chi connectivity index (χ1n) is 4.17. The van der Waals surface area contributed by atoms with E-state index in [2.05, 4.69) is 9.98 Å². The van der Waals surface area contributed by atoms with Crippen LogP contribution in [0.1, 0.15) is 6.42 Å². The summed E-state index contributed by atoms with van der Waals surface area (Å²) in [5.74, 6) is -0.918. The van der Waals surface area contributed by atoms with E-state index in [0.29, 0.717) is 12.0 Å². The highest BCUT2D eigenvalue weighted by atomic mass is 35.5. The zero-order chi connectivity index (χ0) is 9.97. The summed E-state index contributed by atoms with van der Waals surface area (Å²) in [4.78, 5) is 18.7. The number of carboxylic acid groups (broad SMARTS) is 1. The molecule has 0 amide bonds. The number of allylic oxidation sites excluding steroid dienone is 3. The number of carbonyl (C=O) groups is 1. The van der Waals surface area contributed by atoms with Gasteiger partial charge >= 0.3 is 5.97 Å². The molecule has 78 valence electrons. The van der Waals surface area contributed by atoms with Crippen LogP contribution in [0.15, 0.2) is 45.7 Å². The lowest BCUT2D eigenvalue weighted by Crippen LogP contribution is -2.10. The van der Waals surface area contributed by atoms with Gasteiger partial charge < -0.3 is 5.11 Å². The first-order valence-corrected chi connectivity index (χ1v) is 4.17. The highest BCUT2D eigenvalue weighted by molar-refractivity contribution is 6.13. The monoisotopic (exact) mass is 224 g/mol. The molecule has 0 spiro atoms. The molecule has 0 atom stereocenters. The van der Waals surface area contributed by atoms with Crippen LogP contribution >= 0.6 is 12.4 Å². The Labute approximate surface area is 92.8 Å². The Balaban J connectivity index is 0.00000112. The third kappa shape index (κ3) is 2.41. The van der Waals surface area contributed by atoms with Crippen molar-refractivity contribution in [2.24, 2.45) is 9.98 Å². The Bertz CT molecular complexity index is 431. The van der Waals surface area contributed by atoms with Crippen molar-refractivity contribution in [3.8, 4) is 0 Å². The van der Waals surface area contributed by atoms with Crippen LogP contribution in [0, 0.1) is 0 Å². The minimum atomic E-state index is -0.918. The van der Waals surface area contributed by atoms with Gasteiger partial charge in [0.05, 0.1) is 11.3 Å². The van der Waals surface area contributed by atoms with Crippen molar-refractivity contribution in [2.45, 2.75) is 6.42 Å². The number of halogens is 1. The van der Waals surface area contributed by atoms with Crippen LogP contribution in [0.3, 0.4) is 0 Å². The van der Waals surface area contributed by atoms with E-state index in [1.165, 1.54) is 6.20 Å². The summed E-state index contributed by atoms with van der Waals surface area (Å²) >= 11 is 0. The highest BCUT2D eigenvalue weighted by Gasteiger charge is 2.16. The average molecular weight is 225 g/mol. The maximum absolute atomic E-state index is 10.7. The fraction of sp³-hybridized carbons (Fsp3) is 0.100. The molecule has 15 heavy (non-hydrogen) atoms. The van der Waals surface area contributed by atoms with Gasteiger partial charge in [-0.1, -0.05) is 0 Å². The van der Waals surface area contributed by atoms with Crippen molar-refractivity contribution in [3.05, 3.63) is 35.7 Å². The van der Waals surface area contributed by atoms with Gasteiger partial charge in [-0.3, -0.25) is 9.98 Å². The third-order valence-electron chi connectivity index (χ3n) is 2.02. The molecule has 5 heteroatoms. The van der Waals surface area contributed by atoms with Gasteiger partial charge in [-0.25, -0.2) is 4.79 Å². The zero-order valence-corrected chi connectivity index (χ0v) is 8.57. The van der Waals surface area contributed by atoms with Crippen molar-refractivity contribution in [1.82, 2.24) is 0 Å². The van der Waals surface area contributed by atoms with E-state index in [-0.39, 0.29) is 12.4 Å². The minimum absolute atomic E-state index is 0. The molecule has 1 N–H and O–H groups in total. The summed E-state index contributed by atoms with van der Waals surface area (Å²) in [7, 11) is 0. The van der Waals surface area contributed by atoms with Crippen molar-refractivity contribution in [3.63, 3.8) is 0 Å². The van der Waals surface area contributed by atoms with Crippen LogP contribution in [0.25, 0.3) is 0 Å². The molecule has 2 aliphatic heterocycles. The maximum Gasteiger partial charge on any atom is 0.333 e. The largest absolute Gasteiger partial charge is 0.478 e. The van der Waals surface area contributed by atoms with E-state index in [0.717, 1.165) is 11.3 Å². The van der Waals surface area contributed by atoms with Crippen LogP contribution in [-0.2, 0) is 4.79 Å². The Kier molecular flexibility index (Phi) is 3.57. The molecule has 0 aromatic carbocycles. The predicted molar refractivity (Wildman–Crippen MR) is 60.7 cm³/mol. The van der Waals surface area contributed by atoms with Crippen LogP contribution in [0.4, 0.5) is 0 Å². The van der Waals surface area contributed by atoms with Crippen LogP contribution in [0.5, 0.6) is 0 Å². The maximum atomic E-state index is 10.7. The standard InChI is InChI=1S/C10H8N2O2.ClH/c13-10(14)8-5-7-1-3-11-4-2-9(7)12-6-8;/h1-4,6H,5H2,(H,13,14);1H. The fourth-order valence-corrected chi connectivity index (χ4v) is 1.29. The van der Waals surface area contributed by atoms with Crippen LogP contribution < -0.4 is 0 Å². The highest BCUT2D eigenvalue weighted by Crippen LogP contribution is 2.19. The predicted octanol–water partition coefficient (Wildman–Crippen LogP) is 1.75. The van der Waals surface area contributed by atoms with Gasteiger partial charge in [-0.05, 0) is 17.7 Å². The van der Waals surface area contributed by atoms with Gasteiger partial charge in [-0.15, -0.1) is 12.4 Å². The van der Waals surface area contributed by atoms with Gasteiger partial charge in [0, 0.05) is 25.0 Å². The number of carboxylic acids is 1. The van der Waals surface area contributed by atoms with Gasteiger partial charge in [0.1, 0.15) is 0 Å². The molecule has 0 saturated carbocycles. The average Bonchev–Trinajstić information content (AvgIpc) is 2.41. The van der Waals surface area contributed by atoms with E-state index < -0.39 is 5.97 Å². The molecule has 0 aromatic rings. The summed E-state index contributed by atoms with van der Waals surface area (Å²) in [6, 6.07) is 0. The van der Waals surface area contributed by atoms with E-state index in [4.69, 9.17) is 5.11 Å². The number of aliphatic imine (C=N–C) groups is 2. The van der Waals surface area contributed by atoms with E-state index in [1.54, 1.807) is 24.6 Å². The summed E-state index contributed by atoms with van der Waals surface area (Å²) in [5, 5.41) is 8.78. The van der Waals surface area contributed by atoms with Gasteiger partial charge in [0.2, 0.25) is 0 Å². The summed E-state index contributed by atoms with van der Waals surface area (Å²) in [6.07, 6.45) is 8.63. The lowest BCUT2D eigenvalue weighted by Gasteiger charge is -2.10. The SMILES string of the molecule is Cl.O=C(O)C1=CN=C2C=CN=CC=C2C1. The van der Waals surface area contributed by atoms with E-state index in [9.17, 15) is 4.79 Å². The molecule has 0 bridgehead atoms. The third-order valence-corrected chi connectivity index (χ3v) is 2.02. The second kappa shape index (κ2) is 4.70. The quantitative estimate of drug-likeness (QED) is 0.738. The van der Waals surface area contributed by atoms with Gasteiger partial charge in [0.25, 0.3) is 0 Å². The molecule has 4 nitrogen and oxygen atoms in total. The normalized spacial score (nSPS) is 17.7. The van der Waals surface area contributed by atoms with Crippen molar-refractivity contribution in [1.29, 1.82) is 0 Å².